The molecule has 0 aliphatic carbocycles. The van der Waals surface area contributed by atoms with E-state index in [1.807, 2.05) is 70.7 Å². The lowest BCUT2D eigenvalue weighted by Gasteiger charge is -2.34. The van der Waals surface area contributed by atoms with Gasteiger partial charge in [-0.05, 0) is 83.9 Å². The maximum atomic E-state index is 12.4. The Balaban J connectivity index is 1.16. The van der Waals surface area contributed by atoms with Crippen LogP contribution in [0.1, 0.15) is 11.1 Å². The van der Waals surface area contributed by atoms with Crippen molar-refractivity contribution < 1.29 is 26.3 Å². The lowest BCUT2D eigenvalue weighted by atomic mass is 10.1. The molecular formula is C48H48N10O6S2. The van der Waals surface area contributed by atoms with E-state index in [1.165, 1.54) is 12.5 Å². The van der Waals surface area contributed by atoms with Gasteiger partial charge in [-0.1, -0.05) is 60.7 Å². The van der Waals surface area contributed by atoms with Gasteiger partial charge in [-0.15, -0.1) is 10.2 Å². The first kappa shape index (κ1) is 43.4. The van der Waals surface area contributed by atoms with E-state index in [2.05, 4.69) is 34.1 Å². The van der Waals surface area contributed by atoms with Crippen LogP contribution in [-0.2, 0) is 42.2 Å². The summed E-state index contributed by atoms with van der Waals surface area (Å²) in [5.41, 5.74) is 7.74. The summed E-state index contributed by atoms with van der Waals surface area (Å²) in [5.74, 6) is 0.653. The minimum atomic E-state index is -3.40. The molecule has 0 spiro atoms. The molecule has 338 valence electrons. The summed E-state index contributed by atoms with van der Waals surface area (Å²) in [6, 6.07) is 41.6. The van der Waals surface area contributed by atoms with Gasteiger partial charge in [-0.25, -0.2) is 35.9 Å². The van der Waals surface area contributed by atoms with Gasteiger partial charge in [0.25, 0.3) is 11.9 Å². The van der Waals surface area contributed by atoms with Crippen molar-refractivity contribution in [1.82, 2.24) is 39.0 Å². The molecule has 66 heavy (non-hydrogen) atoms. The third kappa shape index (κ3) is 9.15. The zero-order chi connectivity index (χ0) is 45.4. The highest BCUT2D eigenvalue weighted by molar-refractivity contribution is 7.91. The summed E-state index contributed by atoms with van der Waals surface area (Å²) in [6.07, 6.45) is 2.38. The SMILES string of the molecule is CS(=O)(=O)c1ccc(-c2cccc3nc(N(c4cccc(CN5CCOCC5)c4)N(c4cccc(CN5CCOCC5)c4)c4nc5cccc(-c6ccc(S(C)(=O)=O)cc6)n5n4)nn23)cc1. The van der Waals surface area contributed by atoms with Crippen LogP contribution in [-0.4, -0.2) is 121 Å². The molecule has 2 saturated heterocycles. The molecule has 0 saturated carbocycles. The average Bonchev–Trinajstić information content (AvgIpc) is 3.96. The van der Waals surface area contributed by atoms with Gasteiger partial charge in [0.1, 0.15) is 0 Å². The number of morpholine rings is 2. The van der Waals surface area contributed by atoms with E-state index >= 15 is 0 Å². The molecule has 6 heterocycles. The van der Waals surface area contributed by atoms with E-state index in [9.17, 15) is 16.8 Å². The van der Waals surface area contributed by atoms with Gasteiger partial charge in [0, 0.05) is 62.9 Å². The fourth-order valence-corrected chi connectivity index (χ4v) is 9.66. The number of hydrogen-bond acceptors (Lipinski definition) is 14. The van der Waals surface area contributed by atoms with Crippen LogP contribution in [0.5, 0.6) is 0 Å². The summed E-state index contributed by atoms with van der Waals surface area (Å²) in [4.78, 5) is 15.6. The monoisotopic (exact) mass is 924 g/mol. The summed E-state index contributed by atoms with van der Waals surface area (Å²) in [5, 5.41) is 14.3. The lowest BCUT2D eigenvalue weighted by Crippen LogP contribution is -2.38. The maximum absolute atomic E-state index is 12.4. The first-order chi connectivity index (χ1) is 31.9. The molecule has 0 unspecified atom stereocenters. The van der Waals surface area contributed by atoms with Crippen LogP contribution in [0.15, 0.2) is 143 Å². The highest BCUT2D eigenvalue weighted by Crippen LogP contribution is 2.37. The van der Waals surface area contributed by atoms with E-state index in [4.69, 9.17) is 29.6 Å². The summed E-state index contributed by atoms with van der Waals surface area (Å²) in [6.45, 7) is 7.40. The van der Waals surface area contributed by atoms with E-state index in [0.717, 1.165) is 59.8 Å². The minimum absolute atomic E-state index is 0.223. The van der Waals surface area contributed by atoms with Gasteiger partial charge >= 0.3 is 0 Å². The highest BCUT2D eigenvalue weighted by atomic mass is 32.2. The van der Waals surface area contributed by atoms with Crippen LogP contribution in [0.4, 0.5) is 23.3 Å². The number of anilines is 4. The number of hydrazine groups is 1. The van der Waals surface area contributed by atoms with Gasteiger partial charge in [0.2, 0.25) is 0 Å². The quantitative estimate of drug-likeness (QED) is 0.116. The van der Waals surface area contributed by atoms with Crippen LogP contribution in [0, 0.1) is 0 Å². The molecular weight excluding hydrogens is 877 g/mol. The van der Waals surface area contributed by atoms with Gasteiger partial charge in [-0.2, -0.15) is 9.97 Å². The predicted molar refractivity (Wildman–Crippen MR) is 252 cm³/mol. The topological polar surface area (TPSA) is 160 Å². The minimum Gasteiger partial charge on any atom is -0.379 e. The zero-order valence-corrected chi connectivity index (χ0v) is 38.1. The highest BCUT2D eigenvalue weighted by Gasteiger charge is 2.30. The molecule has 4 aromatic heterocycles. The molecule has 10 rings (SSSR count). The third-order valence-corrected chi connectivity index (χ3v) is 14.0. The van der Waals surface area contributed by atoms with Gasteiger partial charge in [0.05, 0.1) is 59.0 Å². The Morgan fingerprint density at radius 2 is 0.879 bits per heavy atom. The van der Waals surface area contributed by atoms with Crippen LogP contribution in [0.3, 0.4) is 0 Å². The van der Waals surface area contributed by atoms with Crippen molar-refractivity contribution in [2.75, 3.05) is 75.1 Å². The number of nitrogens with zero attached hydrogens (tertiary/aromatic N) is 10. The van der Waals surface area contributed by atoms with Gasteiger partial charge in [-0.3, -0.25) is 9.80 Å². The van der Waals surface area contributed by atoms with Gasteiger partial charge < -0.3 is 9.47 Å². The lowest BCUT2D eigenvalue weighted by molar-refractivity contribution is 0.0341. The number of ether oxygens (including phenoxy) is 2. The van der Waals surface area contributed by atoms with Crippen molar-refractivity contribution >= 4 is 54.2 Å². The normalized spacial score (nSPS) is 15.4. The average molecular weight is 925 g/mol. The van der Waals surface area contributed by atoms with Crippen molar-refractivity contribution in [2.45, 2.75) is 22.9 Å². The second-order valence-corrected chi connectivity index (χ2v) is 20.6. The molecule has 2 fully saturated rings. The Labute approximate surface area is 383 Å². The van der Waals surface area contributed by atoms with E-state index in [-0.39, 0.29) is 9.79 Å². The number of benzene rings is 4. The molecule has 4 aromatic carbocycles. The Kier molecular flexibility index (Phi) is 11.8. The molecule has 0 atom stereocenters. The van der Waals surface area contributed by atoms with E-state index < -0.39 is 19.7 Å². The molecule has 0 radical (unpaired) electrons. The third-order valence-electron chi connectivity index (χ3n) is 11.8. The van der Waals surface area contributed by atoms with Crippen molar-refractivity contribution in [3.05, 3.63) is 145 Å². The first-order valence-corrected chi connectivity index (χ1v) is 25.4. The number of fused-ring (bicyclic) bond motifs is 2. The van der Waals surface area contributed by atoms with Gasteiger partial charge in [0.15, 0.2) is 31.0 Å². The standard InChI is InChI=1S/C48H48N10O6S2/c1-65(59,60)41-19-15-37(16-20-41)43-11-5-13-45-49-47(51-55(43)45)57(39-9-3-7-35(31-39)33-53-23-27-63-28-24-53)58(40-10-4-8-36(32-40)34-54-25-29-64-30-26-54)48-50-46-14-6-12-44(56(46)52-48)38-17-21-42(22-18-38)66(2,61)62/h3-22,31-32H,23-30,33-34H2,1-2H3. The fraction of sp³-hybridized carbons (Fsp3) is 0.250. The molecule has 8 aromatic rings. The Bertz CT molecular complexity index is 3040. The fourth-order valence-electron chi connectivity index (χ4n) is 8.40. The molecule has 0 amide bonds. The molecule has 18 heteroatoms. The van der Waals surface area contributed by atoms with Crippen molar-refractivity contribution in [2.24, 2.45) is 0 Å². The number of rotatable bonds is 13. The molecule has 0 bridgehead atoms. The Hall–Kier alpha value is -6.54. The number of pyridine rings is 2. The largest absolute Gasteiger partial charge is 0.379 e. The Morgan fingerprint density at radius 1 is 0.500 bits per heavy atom. The molecule has 2 aliphatic heterocycles. The Morgan fingerprint density at radius 3 is 1.26 bits per heavy atom. The molecule has 0 N–H and O–H groups in total. The smallest absolute Gasteiger partial charge is 0.269 e. The maximum Gasteiger partial charge on any atom is 0.269 e. The number of aromatic nitrogens is 6. The predicted octanol–water partition coefficient (Wildman–Crippen LogP) is 6.47. The second-order valence-electron chi connectivity index (χ2n) is 16.5. The summed E-state index contributed by atoms with van der Waals surface area (Å²) < 4.78 is 64.3. The van der Waals surface area contributed by atoms with Crippen molar-refractivity contribution in [3.8, 4) is 22.5 Å². The van der Waals surface area contributed by atoms with Crippen LogP contribution < -0.4 is 10.0 Å². The summed E-state index contributed by atoms with van der Waals surface area (Å²) in [7, 11) is -6.81. The first-order valence-electron chi connectivity index (χ1n) is 21.7. The van der Waals surface area contributed by atoms with Crippen LogP contribution in [0.2, 0.25) is 0 Å². The van der Waals surface area contributed by atoms with E-state index in [0.29, 0.717) is 74.1 Å². The van der Waals surface area contributed by atoms with E-state index in [1.54, 1.807) is 57.6 Å². The van der Waals surface area contributed by atoms with Crippen molar-refractivity contribution in [3.63, 3.8) is 0 Å². The zero-order valence-electron chi connectivity index (χ0n) is 36.5. The molecule has 2 aliphatic rings. The number of sulfone groups is 2. The summed E-state index contributed by atoms with van der Waals surface area (Å²) >= 11 is 0. The van der Waals surface area contributed by atoms with Crippen molar-refractivity contribution in [1.29, 1.82) is 0 Å². The second kappa shape index (κ2) is 18.0. The molecule has 16 nitrogen and oxygen atoms in total. The number of hydrogen-bond donors (Lipinski definition) is 0. The van der Waals surface area contributed by atoms with Crippen LogP contribution in [0.25, 0.3) is 33.8 Å². The van der Waals surface area contributed by atoms with Crippen LogP contribution >= 0.6 is 0 Å².